The minimum atomic E-state index is -4.70. The third kappa shape index (κ3) is 2.69. The molecule has 0 aliphatic carbocycles. The fraction of sp³-hybridized carbons (Fsp3) is 0.263. The summed E-state index contributed by atoms with van der Waals surface area (Å²) in [5, 5.41) is 6.93. The second-order valence-corrected chi connectivity index (χ2v) is 6.48. The van der Waals surface area contributed by atoms with E-state index in [4.69, 9.17) is 4.74 Å². The van der Waals surface area contributed by atoms with Gasteiger partial charge < -0.3 is 10.1 Å². The average molecular weight is 392 g/mol. The topological polar surface area (TPSA) is 52.0 Å². The number of fused-ring (bicyclic) bond motifs is 2. The standard InChI is InChI=1S/C19H16F4N4O/c1-28-17-16-13(5-8-24-17)18(19(21,22)23,6-10-27-9-2-7-25-27)14-11-12(20)3-4-15(14)26-16/h2-5,7-9,11,26H,6,10H2,1H3. The molecule has 1 aliphatic rings. The van der Waals surface area contributed by atoms with Crippen LogP contribution in [0.1, 0.15) is 17.5 Å². The van der Waals surface area contributed by atoms with Crippen LogP contribution in [0.2, 0.25) is 0 Å². The first-order valence-corrected chi connectivity index (χ1v) is 8.51. The zero-order chi connectivity index (χ0) is 19.9. The van der Waals surface area contributed by atoms with Gasteiger partial charge in [0.05, 0.1) is 7.11 Å². The van der Waals surface area contributed by atoms with Gasteiger partial charge >= 0.3 is 6.18 Å². The van der Waals surface area contributed by atoms with Crippen molar-refractivity contribution in [3.63, 3.8) is 0 Å². The van der Waals surface area contributed by atoms with E-state index in [9.17, 15) is 17.6 Å². The normalized spacial score (nSPS) is 18.2. The molecule has 3 heterocycles. The van der Waals surface area contributed by atoms with Gasteiger partial charge in [0.25, 0.3) is 0 Å². The Morgan fingerprint density at radius 3 is 2.68 bits per heavy atom. The summed E-state index contributed by atoms with van der Waals surface area (Å²) in [7, 11) is 1.34. The summed E-state index contributed by atoms with van der Waals surface area (Å²) < 4.78 is 64.7. The Balaban J connectivity index is 1.99. The summed E-state index contributed by atoms with van der Waals surface area (Å²) in [6.07, 6.45) is -0.719. The third-order valence-electron chi connectivity index (χ3n) is 5.03. The predicted molar refractivity (Wildman–Crippen MR) is 94.2 cm³/mol. The molecule has 1 aliphatic heterocycles. The van der Waals surface area contributed by atoms with Crippen LogP contribution in [0.4, 0.5) is 28.9 Å². The smallest absolute Gasteiger partial charge is 0.402 e. The first kappa shape index (κ1) is 18.3. The summed E-state index contributed by atoms with van der Waals surface area (Å²) in [4.78, 5) is 4.01. The molecule has 1 N–H and O–H groups in total. The first-order chi connectivity index (χ1) is 13.4. The molecule has 9 heteroatoms. The van der Waals surface area contributed by atoms with Crippen LogP contribution in [-0.4, -0.2) is 28.1 Å². The minimum Gasteiger partial charge on any atom is -0.480 e. The number of alkyl halides is 3. The fourth-order valence-electron chi connectivity index (χ4n) is 3.76. The first-order valence-electron chi connectivity index (χ1n) is 8.51. The van der Waals surface area contributed by atoms with Gasteiger partial charge in [-0.1, -0.05) is 0 Å². The highest BCUT2D eigenvalue weighted by Crippen LogP contribution is 2.57. The van der Waals surface area contributed by atoms with E-state index in [2.05, 4.69) is 15.4 Å². The molecule has 3 aromatic rings. The third-order valence-corrected chi connectivity index (χ3v) is 5.03. The van der Waals surface area contributed by atoms with Crippen molar-refractivity contribution in [3.8, 4) is 5.88 Å². The molecule has 0 saturated carbocycles. The maximum absolute atomic E-state index is 14.7. The van der Waals surface area contributed by atoms with Gasteiger partial charge in [0.1, 0.15) is 16.9 Å². The van der Waals surface area contributed by atoms with Gasteiger partial charge in [-0.15, -0.1) is 0 Å². The second kappa shape index (κ2) is 6.50. The maximum Gasteiger partial charge on any atom is 0.402 e. The van der Waals surface area contributed by atoms with Crippen molar-refractivity contribution in [1.82, 2.24) is 14.8 Å². The SMILES string of the molecule is COc1nccc2c1Nc1ccc(F)cc1C2(CCn1cccn1)C(F)(F)F. The number of rotatable bonds is 4. The van der Waals surface area contributed by atoms with Crippen molar-refractivity contribution in [2.24, 2.45) is 0 Å². The van der Waals surface area contributed by atoms with Crippen molar-refractivity contribution in [2.75, 3.05) is 12.4 Å². The molecule has 1 atom stereocenters. The number of hydrogen-bond acceptors (Lipinski definition) is 4. The van der Waals surface area contributed by atoms with E-state index in [0.29, 0.717) is 0 Å². The van der Waals surface area contributed by atoms with Crippen molar-refractivity contribution < 1.29 is 22.3 Å². The number of aromatic nitrogens is 3. The Bertz CT molecular complexity index is 1000. The Hall–Kier alpha value is -3.10. The van der Waals surface area contributed by atoms with E-state index in [1.54, 1.807) is 12.3 Å². The quantitative estimate of drug-likeness (QED) is 0.668. The molecule has 0 saturated heterocycles. The van der Waals surface area contributed by atoms with Crippen LogP contribution in [0.5, 0.6) is 5.88 Å². The summed E-state index contributed by atoms with van der Waals surface area (Å²) in [6, 6.07) is 6.30. The van der Waals surface area contributed by atoms with Gasteiger partial charge in [0.2, 0.25) is 5.88 Å². The second-order valence-electron chi connectivity index (χ2n) is 6.48. The number of aryl methyl sites for hydroxylation is 1. The van der Waals surface area contributed by atoms with Crippen molar-refractivity contribution in [3.05, 3.63) is 65.9 Å². The van der Waals surface area contributed by atoms with Crippen LogP contribution in [0, 0.1) is 5.82 Å². The highest BCUT2D eigenvalue weighted by molar-refractivity contribution is 5.79. The summed E-state index contributed by atoms with van der Waals surface area (Å²) in [5.74, 6) is -0.696. The zero-order valence-corrected chi connectivity index (χ0v) is 14.8. The lowest BCUT2D eigenvalue weighted by atomic mass is 9.68. The van der Waals surface area contributed by atoms with Gasteiger partial charge in [0, 0.05) is 36.4 Å². The van der Waals surface area contributed by atoms with E-state index in [-0.39, 0.29) is 41.3 Å². The van der Waals surface area contributed by atoms with Gasteiger partial charge in [-0.05, 0) is 42.3 Å². The molecule has 0 bridgehead atoms. The molecule has 0 amide bonds. The Morgan fingerprint density at radius 1 is 1.18 bits per heavy atom. The molecule has 0 radical (unpaired) electrons. The Labute approximate surface area is 158 Å². The number of hydrogen-bond donors (Lipinski definition) is 1. The highest BCUT2D eigenvalue weighted by Gasteiger charge is 2.60. The molecular weight excluding hydrogens is 376 g/mol. The largest absolute Gasteiger partial charge is 0.480 e. The van der Waals surface area contributed by atoms with E-state index < -0.39 is 17.4 Å². The number of nitrogens with one attached hydrogen (secondary N) is 1. The lowest BCUT2D eigenvalue weighted by molar-refractivity contribution is -0.181. The summed E-state index contributed by atoms with van der Waals surface area (Å²) in [5.41, 5.74) is -2.39. The Kier molecular flexibility index (Phi) is 4.24. The molecule has 4 rings (SSSR count). The lowest BCUT2D eigenvalue weighted by Gasteiger charge is -2.42. The molecule has 0 spiro atoms. The number of ether oxygens (including phenoxy) is 1. The molecule has 0 fully saturated rings. The van der Waals surface area contributed by atoms with Gasteiger partial charge in [0.15, 0.2) is 0 Å². The number of methoxy groups -OCH3 is 1. The fourth-order valence-corrected chi connectivity index (χ4v) is 3.76. The van der Waals surface area contributed by atoms with Crippen LogP contribution >= 0.6 is 0 Å². The summed E-state index contributed by atoms with van der Waals surface area (Å²) >= 11 is 0. The molecule has 146 valence electrons. The van der Waals surface area contributed by atoms with Gasteiger partial charge in [-0.25, -0.2) is 9.37 Å². The number of pyridine rings is 1. The van der Waals surface area contributed by atoms with Crippen LogP contribution < -0.4 is 10.1 Å². The lowest BCUT2D eigenvalue weighted by Crippen LogP contribution is -2.47. The maximum atomic E-state index is 14.7. The van der Waals surface area contributed by atoms with Crippen molar-refractivity contribution in [1.29, 1.82) is 0 Å². The van der Waals surface area contributed by atoms with Crippen LogP contribution in [0.3, 0.4) is 0 Å². The van der Waals surface area contributed by atoms with Crippen LogP contribution in [0.15, 0.2) is 48.9 Å². The van der Waals surface area contributed by atoms with Gasteiger partial charge in [-0.3, -0.25) is 4.68 Å². The number of anilines is 2. The van der Waals surface area contributed by atoms with Gasteiger partial charge in [-0.2, -0.15) is 18.3 Å². The van der Waals surface area contributed by atoms with Crippen LogP contribution in [-0.2, 0) is 12.0 Å². The monoisotopic (exact) mass is 392 g/mol. The van der Waals surface area contributed by atoms with E-state index in [1.807, 2.05) is 0 Å². The molecular formula is C19H16F4N4O. The molecule has 5 nitrogen and oxygen atoms in total. The Morgan fingerprint density at radius 2 is 2.00 bits per heavy atom. The average Bonchev–Trinajstić information content (AvgIpc) is 3.17. The zero-order valence-electron chi connectivity index (χ0n) is 14.8. The molecule has 2 aromatic heterocycles. The van der Waals surface area contributed by atoms with E-state index in [0.717, 1.165) is 12.1 Å². The molecule has 28 heavy (non-hydrogen) atoms. The number of nitrogens with zero attached hydrogens (tertiary/aromatic N) is 3. The summed E-state index contributed by atoms with van der Waals surface area (Å²) in [6.45, 7) is -0.00740. The molecule has 1 aromatic carbocycles. The van der Waals surface area contributed by atoms with Crippen LogP contribution in [0.25, 0.3) is 0 Å². The minimum absolute atomic E-state index is 0.00740. The predicted octanol–water partition coefficient (Wildman–Crippen LogP) is 4.42. The van der Waals surface area contributed by atoms with E-state index >= 15 is 0 Å². The van der Waals surface area contributed by atoms with Crippen molar-refractivity contribution in [2.45, 2.75) is 24.6 Å². The van der Waals surface area contributed by atoms with Crippen molar-refractivity contribution >= 4 is 11.4 Å². The van der Waals surface area contributed by atoms with E-state index in [1.165, 1.54) is 36.3 Å². The highest BCUT2D eigenvalue weighted by atomic mass is 19.4. The number of halogens is 4. The molecule has 1 unspecified atom stereocenters. The number of benzene rings is 1.